The minimum absolute atomic E-state index is 0.219. The Balaban J connectivity index is 1.71. The Morgan fingerprint density at radius 1 is 1.10 bits per heavy atom. The fraction of sp³-hybridized carbons (Fsp3) is 0.250. The first kappa shape index (κ1) is 11.6. The number of nitrogens with zero attached hydrogens (tertiary/aromatic N) is 2. The monoisotopic (exact) mass is 265 g/mol. The fourth-order valence-electron chi connectivity index (χ4n) is 2.72. The van der Waals surface area contributed by atoms with Gasteiger partial charge in [-0.1, -0.05) is 41.6 Å². The molecule has 1 aliphatic rings. The summed E-state index contributed by atoms with van der Waals surface area (Å²) >= 11 is 0. The van der Waals surface area contributed by atoms with E-state index < -0.39 is 0 Å². The Labute approximate surface area is 116 Å². The number of benzene rings is 2. The van der Waals surface area contributed by atoms with Crippen molar-refractivity contribution < 1.29 is 4.52 Å². The van der Waals surface area contributed by atoms with E-state index in [1.54, 1.807) is 0 Å². The predicted molar refractivity (Wildman–Crippen MR) is 77.2 cm³/mol. The van der Waals surface area contributed by atoms with Gasteiger partial charge >= 0.3 is 0 Å². The Kier molecular flexibility index (Phi) is 2.74. The van der Waals surface area contributed by atoms with E-state index in [9.17, 15) is 0 Å². The maximum atomic E-state index is 5.39. The molecule has 0 radical (unpaired) electrons. The number of hydrogen-bond donors (Lipinski definition) is 1. The largest absolute Gasteiger partial charge is 0.337 e. The maximum absolute atomic E-state index is 5.39. The van der Waals surface area contributed by atoms with E-state index in [0.29, 0.717) is 11.7 Å². The SMILES string of the molecule is c1ccc2cc(-c3noc([C@@H]4CCCN4)n3)ccc2c1. The molecule has 20 heavy (non-hydrogen) atoms. The molecule has 3 aromatic rings. The predicted octanol–water partition coefficient (Wildman–Crippen LogP) is 3.31. The number of fused-ring (bicyclic) bond motifs is 1. The fourth-order valence-corrected chi connectivity index (χ4v) is 2.72. The van der Waals surface area contributed by atoms with Crippen molar-refractivity contribution in [2.75, 3.05) is 6.54 Å². The Morgan fingerprint density at radius 3 is 2.85 bits per heavy atom. The van der Waals surface area contributed by atoms with Gasteiger partial charge in [-0.05, 0) is 36.2 Å². The maximum Gasteiger partial charge on any atom is 0.244 e. The average Bonchev–Trinajstić information content (AvgIpc) is 3.17. The van der Waals surface area contributed by atoms with Crippen LogP contribution in [0, 0.1) is 0 Å². The summed E-state index contributed by atoms with van der Waals surface area (Å²) in [7, 11) is 0. The lowest BCUT2D eigenvalue weighted by Gasteiger charge is -2.01. The Bertz CT molecular complexity index is 744. The summed E-state index contributed by atoms with van der Waals surface area (Å²) in [4.78, 5) is 4.53. The van der Waals surface area contributed by atoms with Crippen LogP contribution in [0.15, 0.2) is 47.0 Å². The molecule has 0 aliphatic carbocycles. The van der Waals surface area contributed by atoms with Crippen molar-refractivity contribution in [3.63, 3.8) is 0 Å². The lowest BCUT2D eigenvalue weighted by molar-refractivity contribution is 0.345. The zero-order valence-corrected chi connectivity index (χ0v) is 11.0. The third-order valence-corrected chi connectivity index (χ3v) is 3.81. The van der Waals surface area contributed by atoms with Crippen LogP contribution in [0.4, 0.5) is 0 Å². The summed E-state index contributed by atoms with van der Waals surface area (Å²) in [5, 5.41) is 9.89. The highest BCUT2D eigenvalue weighted by atomic mass is 16.5. The van der Waals surface area contributed by atoms with Gasteiger partial charge in [-0.3, -0.25) is 0 Å². The van der Waals surface area contributed by atoms with Crippen molar-refractivity contribution in [2.24, 2.45) is 0 Å². The lowest BCUT2D eigenvalue weighted by Crippen LogP contribution is -2.12. The lowest BCUT2D eigenvalue weighted by atomic mass is 10.1. The highest BCUT2D eigenvalue weighted by Gasteiger charge is 2.22. The second-order valence-electron chi connectivity index (χ2n) is 5.17. The molecule has 1 fully saturated rings. The van der Waals surface area contributed by atoms with Gasteiger partial charge in [-0.15, -0.1) is 0 Å². The van der Waals surface area contributed by atoms with Crippen molar-refractivity contribution in [1.29, 1.82) is 0 Å². The van der Waals surface area contributed by atoms with Gasteiger partial charge in [-0.2, -0.15) is 4.98 Å². The molecular formula is C16H15N3O. The van der Waals surface area contributed by atoms with E-state index in [4.69, 9.17) is 4.52 Å². The van der Waals surface area contributed by atoms with Gasteiger partial charge in [0.1, 0.15) is 0 Å². The summed E-state index contributed by atoms with van der Waals surface area (Å²) in [6.45, 7) is 1.03. The van der Waals surface area contributed by atoms with Crippen LogP contribution in [-0.2, 0) is 0 Å². The summed E-state index contributed by atoms with van der Waals surface area (Å²) in [5.74, 6) is 1.37. The van der Waals surface area contributed by atoms with Crippen LogP contribution in [0.1, 0.15) is 24.8 Å². The van der Waals surface area contributed by atoms with Crippen molar-refractivity contribution in [3.05, 3.63) is 48.4 Å². The van der Waals surface area contributed by atoms with E-state index in [-0.39, 0.29) is 6.04 Å². The quantitative estimate of drug-likeness (QED) is 0.772. The molecule has 0 bridgehead atoms. The summed E-state index contributed by atoms with van der Waals surface area (Å²) in [6.07, 6.45) is 2.23. The molecule has 1 saturated heterocycles. The molecule has 2 heterocycles. The van der Waals surface area contributed by atoms with E-state index in [1.807, 2.05) is 18.2 Å². The van der Waals surface area contributed by atoms with Gasteiger partial charge in [0.05, 0.1) is 6.04 Å². The molecule has 0 amide bonds. The standard InChI is InChI=1S/C16H15N3O/c1-2-5-12-10-13(8-7-11(12)4-1)15-18-16(20-19-15)14-6-3-9-17-14/h1-2,4-5,7-8,10,14,17H,3,6,9H2/t14-/m0/s1. The van der Waals surface area contributed by atoms with Gasteiger partial charge in [0, 0.05) is 5.56 Å². The first-order valence-corrected chi connectivity index (χ1v) is 6.96. The number of hydrogen-bond acceptors (Lipinski definition) is 4. The van der Waals surface area contributed by atoms with Gasteiger partial charge in [0.15, 0.2) is 0 Å². The Morgan fingerprint density at radius 2 is 2.00 bits per heavy atom. The molecule has 4 rings (SSSR count). The van der Waals surface area contributed by atoms with Gasteiger partial charge < -0.3 is 9.84 Å². The molecule has 4 nitrogen and oxygen atoms in total. The summed E-state index contributed by atoms with van der Waals surface area (Å²) < 4.78 is 5.39. The van der Waals surface area contributed by atoms with Gasteiger partial charge in [0.2, 0.25) is 11.7 Å². The number of nitrogens with one attached hydrogen (secondary N) is 1. The molecule has 2 aromatic carbocycles. The smallest absolute Gasteiger partial charge is 0.244 e. The van der Waals surface area contributed by atoms with E-state index in [0.717, 1.165) is 18.5 Å². The van der Waals surface area contributed by atoms with Crippen molar-refractivity contribution in [1.82, 2.24) is 15.5 Å². The summed E-state index contributed by atoms with van der Waals surface area (Å²) in [6, 6.07) is 14.7. The van der Waals surface area contributed by atoms with Crippen molar-refractivity contribution >= 4 is 10.8 Å². The van der Waals surface area contributed by atoms with Crippen molar-refractivity contribution in [2.45, 2.75) is 18.9 Å². The minimum Gasteiger partial charge on any atom is -0.337 e. The third-order valence-electron chi connectivity index (χ3n) is 3.81. The zero-order valence-electron chi connectivity index (χ0n) is 11.0. The molecule has 1 aliphatic heterocycles. The normalized spacial score (nSPS) is 18.7. The molecular weight excluding hydrogens is 250 g/mol. The van der Waals surface area contributed by atoms with E-state index in [1.165, 1.54) is 17.2 Å². The van der Waals surface area contributed by atoms with Crippen LogP contribution < -0.4 is 5.32 Å². The second-order valence-corrected chi connectivity index (χ2v) is 5.17. The third kappa shape index (κ3) is 1.98. The molecule has 0 saturated carbocycles. The van der Waals surface area contributed by atoms with E-state index in [2.05, 4.69) is 39.7 Å². The first-order valence-electron chi connectivity index (χ1n) is 6.96. The molecule has 100 valence electrons. The van der Waals surface area contributed by atoms with Crippen LogP contribution in [0.3, 0.4) is 0 Å². The Hall–Kier alpha value is -2.20. The molecule has 1 atom stereocenters. The molecule has 1 aromatic heterocycles. The highest BCUT2D eigenvalue weighted by molar-refractivity contribution is 5.86. The zero-order chi connectivity index (χ0) is 13.4. The van der Waals surface area contributed by atoms with Crippen LogP contribution >= 0.6 is 0 Å². The topological polar surface area (TPSA) is 51.0 Å². The molecule has 0 spiro atoms. The van der Waals surface area contributed by atoms with E-state index >= 15 is 0 Å². The van der Waals surface area contributed by atoms with Gasteiger partial charge in [-0.25, -0.2) is 0 Å². The van der Waals surface area contributed by atoms with Crippen LogP contribution in [-0.4, -0.2) is 16.7 Å². The minimum atomic E-state index is 0.219. The number of rotatable bonds is 2. The molecule has 0 unspecified atom stereocenters. The summed E-state index contributed by atoms with van der Waals surface area (Å²) in [5.41, 5.74) is 0.997. The molecule has 1 N–H and O–H groups in total. The van der Waals surface area contributed by atoms with Crippen LogP contribution in [0.5, 0.6) is 0 Å². The van der Waals surface area contributed by atoms with Crippen LogP contribution in [0.25, 0.3) is 22.2 Å². The van der Waals surface area contributed by atoms with Crippen molar-refractivity contribution in [3.8, 4) is 11.4 Å². The van der Waals surface area contributed by atoms with Gasteiger partial charge in [0.25, 0.3) is 0 Å². The first-order chi connectivity index (χ1) is 9.90. The highest BCUT2D eigenvalue weighted by Crippen LogP contribution is 2.26. The van der Waals surface area contributed by atoms with Crippen LogP contribution in [0.2, 0.25) is 0 Å². The molecule has 4 heteroatoms. The average molecular weight is 265 g/mol. The second kappa shape index (κ2) is 4.72. The number of aromatic nitrogens is 2.